The van der Waals surface area contributed by atoms with Gasteiger partial charge in [0.1, 0.15) is 0 Å². The first-order chi connectivity index (χ1) is 7.53. The van der Waals surface area contributed by atoms with E-state index in [1.54, 1.807) is 13.0 Å². The van der Waals surface area contributed by atoms with Gasteiger partial charge in [-0.25, -0.2) is 4.39 Å². The molecular formula is C13H18FNO. The van der Waals surface area contributed by atoms with Crippen molar-refractivity contribution in [1.29, 1.82) is 0 Å². The zero-order chi connectivity index (χ0) is 11.9. The monoisotopic (exact) mass is 223 g/mol. The minimum absolute atomic E-state index is 0.0310. The first kappa shape index (κ1) is 11.4. The van der Waals surface area contributed by atoms with Crippen LogP contribution in [0.5, 0.6) is 5.75 Å². The molecule has 0 saturated heterocycles. The van der Waals surface area contributed by atoms with Crippen molar-refractivity contribution in [3.8, 4) is 5.75 Å². The van der Waals surface area contributed by atoms with Crippen LogP contribution in [0.1, 0.15) is 30.9 Å². The maximum absolute atomic E-state index is 13.9. The molecule has 2 N–H and O–H groups in total. The molecule has 0 bridgehead atoms. The number of halogens is 1. The average molecular weight is 223 g/mol. The van der Waals surface area contributed by atoms with Crippen molar-refractivity contribution in [1.82, 2.24) is 0 Å². The standard InChI is InChI=1S/C13H18FNO/c1-8-4-5-10(12(16-3)11(8)14)13(6-7-13)9(2)15/h4-5,9H,6-7,15H2,1-3H3. The second-order valence-corrected chi connectivity index (χ2v) is 4.72. The molecule has 2 nitrogen and oxygen atoms in total. The summed E-state index contributed by atoms with van der Waals surface area (Å²) in [5, 5.41) is 0. The van der Waals surface area contributed by atoms with Crippen LogP contribution in [-0.2, 0) is 5.41 Å². The zero-order valence-electron chi connectivity index (χ0n) is 10.0. The third-order valence-corrected chi connectivity index (χ3v) is 3.69. The number of ether oxygens (including phenoxy) is 1. The van der Waals surface area contributed by atoms with Crippen LogP contribution in [0.4, 0.5) is 4.39 Å². The van der Waals surface area contributed by atoms with Crippen molar-refractivity contribution in [2.75, 3.05) is 7.11 Å². The topological polar surface area (TPSA) is 35.2 Å². The predicted octanol–water partition coefficient (Wildman–Crippen LogP) is 2.52. The molecule has 0 radical (unpaired) electrons. The molecule has 0 spiro atoms. The van der Waals surface area contributed by atoms with Gasteiger partial charge < -0.3 is 10.5 Å². The summed E-state index contributed by atoms with van der Waals surface area (Å²) in [6.45, 7) is 3.72. The largest absolute Gasteiger partial charge is 0.493 e. The molecule has 3 heteroatoms. The normalized spacial score (nSPS) is 19.3. The van der Waals surface area contributed by atoms with E-state index in [0.717, 1.165) is 18.4 Å². The van der Waals surface area contributed by atoms with E-state index in [1.807, 2.05) is 13.0 Å². The summed E-state index contributed by atoms with van der Waals surface area (Å²) >= 11 is 0. The summed E-state index contributed by atoms with van der Waals surface area (Å²) in [6.07, 6.45) is 2.03. The molecule has 1 saturated carbocycles. The summed E-state index contributed by atoms with van der Waals surface area (Å²) < 4.78 is 19.1. The van der Waals surface area contributed by atoms with E-state index >= 15 is 0 Å². The van der Waals surface area contributed by atoms with E-state index < -0.39 is 0 Å². The molecule has 2 rings (SSSR count). The van der Waals surface area contributed by atoms with Crippen molar-refractivity contribution in [2.45, 2.75) is 38.1 Å². The lowest BCUT2D eigenvalue weighted by Gasteiger charge is -2.23. The summed E-state index contributed by atoms with van der Waals surface area (Å²) in [5.74, 6) is 0.113. The van der Waals surface area contributed by atoms with Crippen LogP contribution >= 0.6 is 0 Å². The number of methoxy groups -OCH3 is 1. The van der Waals surface area contributed by atoms with Gasteiger partial charge in [-0.2, -0.15) is 0 Å². The SMILES string of the molecule is COc1c(C2(C(C)N)CC2)ccc(C)c1F. The first-order valence-electron chi connectivity index (χ1n) is 5.62. The summed E-state index contributed by atoms with van der Waals surface area (Å²) in [7, 11) is 1.51. The van der Waals surface area contributed by atoms with Crippen LogP contribution in [-0.4, -0.2) is 13.2 Å². The second-order valence-electron chi connectivity index (χ2n) is 4.72. The smallest absolute Gasteiger partial charge is 0.168 e. The molecule has 0 aromatic heterocycles. The fourth-order valence-corrected chi connectivity index (χ4v) is 2.35. The molecule has 88 valence electrons. The van der Waals surface area contributed by atoms with E-state index in [1.165, 1.54) is 7.11 Å². The second kappa shape index (κ2) is 3.74. The Morgan fingerprint density at radius 1 is 1.44 bits per heavy atom. The van der Waals surface area contributed by atoms with Gasteiger partial charge in [-0.05, 0) is 32.3 Å². The van der Waals surface area contributed by atoms with Crippen molar-refractivity contribution in [3.05, 3.63) is 29.1 Å². The van der Waals surface area contributed by atoms with Gasteiger partial charge in [0.2, 0.25) is 0 Å². The van der Waals surface area contributed by atoms with Gasteiger partial charge in [-0.15, -0.1) is 0 Å². The third kappa shape index (κ3) is 1.50. The summed E-state index contributed by atoms with van der Waals surface area (Å²) in [4.78, 5) is 0. The van der Waals surface area contributed by atoms with Crippen LogP contribution in [0.3, 0.4) is 0 Å². The highest BCUT2D eigenvalue weighted by Gasteiger charge is 2.49. The number of rotatable bonds is 3. The van der Waals surface area contributed by atoms with Gasteiger partial charge in [0, 0.05) is 17.0 Å². The quantitative estimate of drug-likeness (QED) is 0.854. The summed E-state index contributed by atoms with van der Waals surface area (Å²) in [6, 6.07) is 3.78. The number of benzene rings is 1. The van der Waals surface area contributed by atoms with Crippen molar-refractivity contribution in [3.63, 3.8) is 0 Å². The van der Waals surface area contributed by atoms with Crippen molar-refractivity contribution in [2.24, 2.45) is 5.73 Å². The van der Waals surface area contributed by atoms with E-state index in [-0.39, 0.29) is 17.3 Å². The van der Waals surface area contributed by atoms with Gasteiger partial charge >= 0.3 is 0 Å². The van der Waals surface area contributed by atoms with Gasteiger partial charge in [0.25, 0.3) is 0 Å². The van der Waals surface area contributed by atoms with Crippen LogP contribution in [0, 0.1) is 12.7 Å². The zero-order valence-corrected chi connectivity index (χ0v) is 10.0. The molecule has 0 aliphatic heterocycles. The van der Waals surface area contributed by atoms with Crippen LogP contribution in [0.2, 0.25) is 0 Å². The Hall–Kier alpha value is -1.09. The van der Waals surface area contributed by atoms with E-state index in [4.69, 9.17) is 10.5 Å². The average Bonchev–Trinajstić information content (AvgIpc) is 3.02. The Balaban J connectivity index is 2.54. The first-order valence-corrected chi connectivity index (χ1v) is 5.62. The fraction of sp³-hybridized carbons (Fsp3) is 0.538. The minimum Gasteiger partial charge on any atom is -0.493 e. The van der Waals surface area contributed by atoms with Gasteiger partial charge in [-0.3, -0.25) is 0 Å². The van der Waals surface area contributed by atoms with Crippen molar-refractivity contribution < 1.29 is 9.13 Å². The number of hydrogen-bond acceptors (Lipinski definition) is 2. The van der Waals surface area contributed by atoms with Crippen LogP contribution < -0.4 is 10.5 Å². The van der Waals surface area contributed by atoms with Gasteiger partial charge in [0.05, 0.1) is 7.11 Å². The number of nitrogens with two attached hydrogens (primary N) is 1. The molecule has 1 unspecified atom stereocenters. The molecule has 16 heavy (non-hydrogen) atoms. The maximum atomic E-state index is 13.9. The van der Waals surface area contributed by atoms with E-state index in [0.29, 0.717) is 11.3 Å². The summed E-state index contributed by atoms with van der Waals surface area (Å²) in [5.41, 5.74) is 7.47. The van der Waals surface area contributed by atoms with Crippen molar-refractivity contribution >= 4 is 0 Å². The van der Waals surface area contributed by atoms with E-state index in [2.05, 4.69) is 0 Å². The highest BCUT2D eigenvalue weighted by molar-refractivity contribution is 5.47. The molecule has 1 aromatic carbocycles. The van der Waals surface area contributed by atoms with Crippen LogP contribution in [0.15, 0.2) is 12.1 Å². The molecule has 0 heterocycles. The predicted molar refractivity (Wildman–Crippen MR) is 62.3 cm³/mol. The Bertz CT molecular complexity index is 411. The molecule has 1 aromatic rings. The lowest BCUT2D eigenvalue weighted by molar-refractivity contribution is 0.370. The lowest BCUT2D eigenvalue weighted by Crippen LogP contribution is -2.32. The molecule has 1 aliphatic carbocycles. The Kier molecular flexibility index (Phi) is 2.66. The highest BCUT2D eigenvalue weighted by atomic mass is 19.1. The fourth-order valence-electron chi connectivity index (χ4n) is 2.35. The molecule has 1 aliphatic rings. The molecule has 1 fully saturated rings. The van der Waals surface area contributed by atoms with Gasteiger partial charge in [-0.1, -0.05) is 12.1 Å². The molecule has 1 atom stereocenters. The highest BCUT2D eigenvalue weighted by Crippen LogP contribution is 2.53. The number of hydrogen-bond donors (Lipinski definition) is 1. The van der Waals surface area contributed by atoms with Crippen LogP contribution in [0.25, 0.3) is 0 Å². The Morgan fingerprint density at radius 3 is 2.50 bits per heavy atom. The Labute approximate surface area is 95.6 Å². The minimum atomic E-state index is -0.257. The molecule has 0 amide bonds. The third-order valence-electron chi connectivity index (χ3n) is 3.69. The maximum Gasteiger partial charge on any atom is 0.168 e. The lowest BCUT2D eigenvalue weighted by atomic mass is 9.88. The Morgan fingerprint density at radius 2 is 2.06 bits per heavy atom. The van der Waals surface area contributed by atoms with Gasteiger partial charge in [0.15, 0.2) is 11.6 Å². The van der Waals surface area contributed by atoms with E-state index in [9.17, 15) is 4.39 Å². The number of aryl methyl sites for hydroxylation is 1. The molecular weight excluding hydrogens is 205 g/mol.